The van der Waals surface area contributed by atoms with Gasteiger partial charge in [-0.25, -0.2) is 0 Å². The number of aromatic nitrogens is 3. The second-order valence-electron chi connectivity index (χ2n) is 3.70. The van der Waals surface area contributed by atoms with Crippen LogP contribution < -0.4 is 5.73 Å². The van der Waals surface area contributed by atoms with Crippen molar-refractivity contribution in [1.29, 1.82) is 0 Å². The third-order valence-corrected chi connectivity index (χ3v) is 2.39. The Kier molecular flexibility index (Phi) is 3.04. The van der Waals surface area contributed by atoms with Crippen LogP contribution in [-0.2, 0) is 6.54 Å². The van der Waals surface area contributed by atoms with Crippen molar-refractivity contribution < 1.29 is 4.79 Å². The lowest BCUT2D eigenvalue weighted by Gasteiger charge is -2.15. The van der Waals surface area contributed by atoms with E-state index in [1.54, 1.807) is 11.9 Å². The van der Waals surface area contributed by atoms with Crippen LogP contribution >= 0.6 is 0 Å². The van der Waals surface area contributed by atoms with Gasteiger partial charge in [0.2, 0.25) is 0 Å². The van der Waals surface area contributed by atoms with E-state index in [-0.39, 0.29) is 17.4 Å². The van der Waals surface area contributed by atoms with E-state index in [1.807, 2.05) is 30.3 Å². The molecule has 6 heteroatoms. The summed E-state index contributed by atoms with van der Waals surface area (Å²) < 4.78 is 0. The van der Waals surface area contributed by atoms with Gasteiger partial charge in [-0.1, -0.05) is 30.3 Å². The van der Waals surface area contributed by atoms with Crippen LogP contribution in [-0.4, -0.2) is 33.3 Å². The van der Waals surface area contributed by atoms with Crippen molar-refractivity contribution in [3.63, 3.8) is 0 Å². The zero-order valence-corrected chi connectivity index (χ0v) is 9.42. The van der Waals surface area contributed by atoms with Crippen molar-refractivity contribution in [2.24, 2.45) is 0 Å². The third-order valence-electron chi connectivity index (χ3n) is 2.39. The zero-order chi connectivity index (χ0) is 12.3. The number of hydrogen-bond donors (Lipinski definition) is 2. The molecule has 0 aliphatic carbocycles. The van der Waals surface area contributed by atoms with Gasteiger partial charge in [0.1, 0.15) is 0 Å². The van der Waals surface area contributed by atoms with E-state index < -0.39 is 0 Å². The number of benzene rings is 1. The summed E-state index contributed by atoms with van der Waals surface area (Å²) in [4.78, 5) is 13.5. The summed E-state index contributed by atoms with van der Waals surface area (Å²) in [6.45, 7) is 0.506. The fourth-order valence-corrected chi connectivity index (χ4v) is 1.51. The predicted octanol–water partition coefficient (Wildman–Crippen LogP) is 0.659. The summed E-state index contributed by atoms with van der Waals surface area (Å²) in [5.74, 6) is -0.130. The molecule has 17 heavy (non-hydrogen) atoms. The number of nitrogens with one attached hydrogen (secondary N) is 1. The van der Waals surface area contributed by atoms with Gasteiger partial charge in [-0.05, 0) is 5.56 Å². The maximum atomic E-state index is 12.0. The highest BCUT2D eigenvalue weighted by Crippen LogP contribution is 2.09. The molecule has 2 rings (SSSR count). The van der Waals surface area contributed by atoms with E-state index in [2.05, 4.69) is 15.4 Å². The highest BCUT2D eigenvalue weighted by molar-refractivity contribution is 5.95. The molecule has 3 N–H and O–H groups in total. The van der Waals surface area contributed by atoms with Crippen molar-refractivity contribution in [3.8, 4) is 0 Å². The summed E-state index contributed by atoms with van der Waals surface area (Å²) in [6.07, 6.45) is 0. The topological polar surface area (TPSA) is 87.9 Å². The summed E-state index contributed by atoms with van der Waals surface area (Å²) in [7, 11) is 1.70. The molecule has 0 aliphatic rings. The standard InChI is InChI=1S/C11H13N5O/c1-16(7-8-5-3-2-4-6-8)11(17)9-10(12)14-15-13-9/h2-6H,7H2,1H3,(H3,12,13,14,15). The zero-order valence-electron chi connectivity index (χ0n) is 9.42. The number of aromatic amines is 1. The molecule has 2 aromatic rings. The number of anilines is 1. The number of nitrogens with zero attached hydrogens (tertiary/aromatic N) is 3. The SMILES string of the molecule is CN(Cc1ccccc1)C(=O)c1n[nH]nc1N. The average molecular weight is 231 g/mol. The third kappa shape index (κ3) is 2.41. The van der Waals surface area contributed by atoms with Crippen LogP contribution in [0, 0.1) is 0 Å². The van der Waals surface area contributed by atoms with Crippen LogP contribution in [0.5, 0.6) is 0 Å². The molecule has 1 aromatic carbocycles. The highest BCUT2D eigenvalue weighted by atomic mass is 16.2. The van der Waals surface area contributed by atoms with E-state index in [9.17, 15) is 4.79 Å². The summed E-state index contributed by atoms with van der Waals surface area (Å²) >= 11 is 0. The minimum atomic E-state index is -0.250. The average Bonchev–Trinajstić information content (AvgIpc) is 2.76. The van der Waals surface area contributed by atoms with Crippen molar-refractivity contribution in [2.45, 2.75) is 6.54 Å². The van der Waals surface area contributed by atoms with Crippen LogP contribution in [0.1, 0.15) is 16.1 Å². The van der Waals surface area contributed by atoms with Crippen LogP contribution in [0.3, 0.4) is 0 Å². The molecule has 6 nitrogen and oxygen atoms in total. The van der Waals surface area contributed by atoms with Crippen molar-refractivity contribution >= 4 is 11.7 Å². The Labute approximate surface area is 98.4 Å². The fourth-order valence-electron chi connectivity index (χ4n) is 1.51. The summed E-state index contributed by atoms with van der Waals surface area (Å²) in [6, 6.07) is 9.70. The van der Waals surface area contributed by atoms with E-state index in [4.69, 9.17) is 5.73 Å². The van der Waals surface area contributed by atoms with Crippen molar-refractivity contribution in [3.05, 3.63) is 41.6 Å². The molecule has 1 amide bonds. The van der Waals surface area contributed by atoms with Crippen molar-refractivity contribution in [2.75, 3.05) is 12.8 Å². The molecule has 0 radical (unpaired) electrons. The first-order valence-corrected chi connectivity index (χ1v) is 5.14. The van der Waals surface area contributed by atoms with Crippen LogP contribution in [0.2, 0.25) is 0 Å². The van der Waals surface area contributed by atoms with Gasteiger partial charge in [0.25, 0.3) is 5.91 Å². The largest absolute Gasteiger partial charge is 0.380 e. The van der Waals surface area contributed by atoms with E-state index in [0.717, 1.165) is 5.56 Å². The van der Waals surface area contributed by atoms with Gasteiger partial charge in [-0.2, -0.15) is 5.21 Å². The lowest BCUT2D eigenvalue weighted by atomic mass is 10.2. The number of H-pyrrole nitrogens is 1. The molecule has 0 spiro atoms. The molecule has 0 saturated heterocycles. The van der Waals surface area contributed by atoms with E-state index in [0.29, 0.717) is 6.54 Å². The first kappa shape index (κ1) is 11.1. The van der Waals surface area contributed by atoms with Gasteiger partial charge in [-0.3, -0.25) is 4.79 Å². The molecule has 1 aromatic heterocycles. The Balaban J connectivity index is 2.09. The van der Waals surface area contributed by atoms with E-state index >= 15 is 0 Å². The lowest BCUT2D eigenvalue weighted by Crippen LogP contribution is -2.27. The summed E-state index contributed by atoms with van der Waals surface area (Å²) in [5.41, 5.74) is 6.72. The Morgan fingerprint density at radius 2 is 2.06 bits per heavy atom. The molecule has 0 fully saturated rings. The first-order chi connectivity index (χ1) is 8.18. The predicted molar refractivity (Wildman–Crippen MR) is 63.0 cm³/mol. The van der Waals surface area contributed by atoms with Crippen LogP contribution in [0.4, 0.5) is 5.82 Å². The highest BCUT2D eigenvalue weighted by Gasteiger charge is 2.18. The number of nitrogens with two attached hydrogens (primary N) is 1. The van der Waals surface area contributed by atoms with Gasteiger partial charge in [0.15, 0.2) is 11.5 Å². The number of hydrogen-bond acceptors (Lipinski definition) is 4. The Bertz CT molecular complexity index is 508. The second-order valence-corrected chi connectivity index (χ2v) is 3.70. The van der Waals surface area contributed by atoms with Gasteiger partial charge >= 0.3 is 0 Å². The molecule has 0 bridgehead atoms. The van der Waals surface area contributed by atoms with Crippen LogP contribution in [0.25, 0.3) is 0 Å². The van der Waals surface area contributed by atoms with Gasteiger partial charge < -0.3 is 10.6 Å². The molecular formula is C11H13N5O. The summed E-state index contributed by atoms with van der Waals surface area (Å²) in [5, 5.41) is 9.67. The van der Waals surface area contributed by atoms with Gasteiger partial charge in [-0.15, -0.1) is 10.2 Å². The second kappa shape index (κ2) is 4.65. The number of rotatable bonds is 3. The number of amides is 1. The van der Waals surface area contributed by atoms with Gasteiger partial charge in [0, 0.05) is 13.6 Å². The van der Waals surface area contributed by atoms with Crippen LogP contribution in [0.15, 0.2) is 30.3 Å². The maximum Gasteiger partial charge on any atom is 0.278 e. The van der Waals surface area contributed by atoms with Gasteiger partial charge in [0.05, 0.1) is 0 Å². The fraction of sp³-hybridized carbons (Fsp3) is 0.182. The Hall–Kier alpha value is -2.37. The maximum absolute atomic E-state index is 12.0. The van der Waals surface area contributed by atoms with E-state index in [1.165, 1.54) is 0 Å². The number of carbonyl (C=O) groups excluding carboxylic acids is 1. The minimum absolute atomic E-state index is 0.120. The normalized spacial score (nSPS) is 10.2. The smallest absolute Gasteiger partial charge is 0.278 e. The monoisotopic (exact) mass is 231 g/mol. The molecule has 0 unspecified atom stereocenters. The number of carbonyl (C=O) groups is 1. The Morgan fingerprint density at radius 3 is 2.65 bits per heavy atom. The molecule has 0 atom stereocenters. The first-order valence-electron chi connectivity index (χ1n) is 5.14. The Morgan fingerprint density at radius 1 is 1.35 bits per heavy atom. The molecule has 0 aliphatic heterocycles. The lowest BCUT2D eigenvalue weighted by molar-refractivity contribution is 0.0780. The quantitative estimate of drug-likeness (QED) is 0.812. The molecule has 88 valence electrons. The number of nitrogen functional groups attached to an aromatic ring is 1. The van der Waals surface area contributed by atoms with Crippen molar-refractivity contribution in [1.82, 2.24) is 20.3 Å². The molecule has 0 saturated carbocycles. The molecular weight excluding hydrogens is 218 g/mol. The molecule has 1 heterocycles. The minimum Gasteiger partial charge on any atom is -0.380 e.